The molecule has 8 heteroatoms. The predicted molar refractivity (Wildman–Crippen MR) is 135 cm³/mol. The number of carboxylic acid groups (broad SMARTS) is 1. The van der Waals surface area contributed by atoms with Crippen LogP contribution in [0.1, 0.15) is 62.8 Å². The van der Waals surface area contributed by atoms with Gasteiger partial charge in [-0.15, -0.1) is 0 Å². The van der Waals surface area contributed by atoms with Gasteiger partial charge in [0.05, 0.1) is 12.6 Å². The summed E-state index contributed by atoms with van der Waals surface area (Å²) in [6, 6.07) is 9.58. The Bertz CT molecular complexity index is 1150. The molecule has 0 unspecified atom stereocenters. The number of alkyl halides is 1. The summed E-state index contributed by atoms with van der Waals surface area (Å²) in [7, 11) is 0. The van der Waals surface area contributed by atoms with Gasteiger partial charge in [0.2, 0.25) is 0 Å². The quantitative estimate of drug-likeness (QED) is 0.364. The van der Waals surface area contributed by atoms with Gasteiger partial charge < -0.3 is 14.6 Å². The molecule has 0 spiro atoms. The number of benzene rings is 2. The van der Waals surface area contributed by atoms with Gasteiger partial charge >= 0.3 is 5.97 Å². The average molecular weight is 518 g/mol. The number of ether oxygens (including phenoxy) is 2. The van der Waals surface area contributed by atoms with Crippen molar-refractivity contribution in [3.8, 4) is 5.75 Å². The van der Waals surface area contributed by atoms with Crippen LogP contribution in [0.2, 0.25) is 0 Å². The fraction of sp³-hybridized carbons (Fsp3) is 0.483. The van der Waals surface area contributed by atoms with E-state index < -0.39 is 29.3 Å². The first kappa shape index (κ1) is 27.2. The molecule has 1 aliphatic heterocycles. The van der Waals surface area contributed by atoms with Crippen LogP contribution in [0.15, 0.2) is 42.0 Å². The summed E-state index contributed by atoms with van der Waals surface area (Å²) in [4.78, 5) is 12.4. The number of unbranched alkanes of at least 4 members (excludes halogenated alkanes) is 1. The molecule has 0 aromatic heterocycles. The van der Waals surface area contributed by atoms with Crippen LogP contribution in [-0.4, -0.2) is 54.1 Å². The molecule has 0 radical (unpaired) electrons. The molecule has 37 heavy (non-hydrogen) atoms. The molecule has 1 N–H and O–H groups in total. The Kier molecular flexibility index (Phi) is 8.29. The summed E-state index contributed by atoms with van der Waals surface area (Å²) in [6.45, 7) is 5.11. The third-order valence-electron chi connectivity index (χ3n) is 6.90. The maximum atomic E-state index is 15.6. The summed E-state index contributed by atoms with van der Waals surface area (Å²) in [5.41, 5.74) is 2.65. The lowest BCUT2D eigenvalue weighted by Gasteiger charge is -2.44. The van der Waals surface area contributed by atoms with Crippen molar-refractivity contribution in [1.29, 1.82) is 0 Å². The first-order chi connectivity index (χ1) is 17.5. The van der Waals surface area contributed by atoms with Crippen molar-refractivity contribution in [3.05, 3.63) is 70.3 Å². The van der Waals surface area contributed by atoms with Gasteiger partial charge in [0.1, 0.15) is 29.7 Å². The van der Waals surface area contributed by atoms with Gasteiger partial charge in [-0.25, -0.2) is 18.0 Å². The van der Waals surface area contributed by atoms with Gasteiger partial charge in [0.15, 0.2) is 0 Å². The Morgan fingerprint density at radius 3 is 2.49 bits per heavy atom. The normalized spacial score (nSPS) is 19.6. The zero-order valence-corrected chi connectivity index (χ0v) is 21.5. The van der Waals surface area contributed by atoms with Crippen LogP contribution in [-0.2, 0) is 16.0 Å². The number of halogens is 3. The second-order valence-electron chi connectivity index (χ2n) is 10.5. The van der Waals surface area contributed by atoms with Crippen LogP contribution in [0.3, 0.4) is 0 Å². The number of fused-ring (bicyclic) bond motifs is 2. The van der Waals surface area contributed by atoms with Crippen LogP contribution in [0.5, 0.6) is 5.75 Å². The highest BCUT2D eigenvalue weighted by Crippen LogP contribution is 2.50. The molecule has 1 heterocycles. The third kappa shape index (κ3) is 6.36. The van der Waals surface area contributed by atoms with E-state index in [2.05, 4.69) is 0 Å². The number of nitrogens with zero attached hydrogens (tertiary/aromatic N) is 1. The van der Waals surface area contributed by atoms with E-state index in [-0.39, 0.29) is 43.7 Å². The monoisotopic (exact) mass is 517 g/mol. The summed E-state index contributed by atoms with van der Waals surface area (Å²) in [5.74, 6) is -2.39. The van der Waals surface area contributed by atoms with Crippen molar-refractivity contribution in [3.63, 3.8) is 0 Å². The standard InChI is InChI=1S/C29H34F3NO4/c1-18-12-22-21-9-5-4-8-19(21)13-23(22)28(33(18)17-29(2,3)32)27-24(30)14-20(15-25(27)31)37-11-7-6-10-36-16-26(34)35/h4-5,8-9,14-15,18,28H,6-7,10-13,16-17H2,1-3H3,(H,34,35)/t18-,28+/m1/s1. The lowest BCUT2D eigenvalue weighted by atomic mass is 9.84. The molecule has 4 rings (SSSR count). The van der Waals surface area contributed by atoms with Gasteiger partial charge in [-0.05, 0) is 68.7 Å². The van der Waals surface area contributed by atoms with E-state index in [9.17, 15) is 9.18 Å². The molecular weight excluding hydrogens is 483 g/mol. The Morgan fingerprint density at radius 2 is 1.81 bits per heavy atom. The minimum atomic E-state index is -1.54. The molecule has 0 saturated heterocycles. The molecule has 2 aromatic rings. The Balaban J connectivity index is 1.57. The van der Waals surface area contributed by atoms with E-state index in [1.165, 1.54) is 26.0 Å². The SMILES string of the molecule is C[C@@H]1CC2=C(Cc3ccccc32)[C@@H](c2c(F)cc(OCCCCOCC(=O)O)cc2F)N1CC(C)(C)F. The Hall–Kier alpha value is -2.84. The summed E-state index contributed by atoms with van der Waals surface area (Å²) >= 11 is 0. The molecule has 0 saturated carbocycles. The van der Waals surface area contributed by atoms with Gasteiger partial charge in [0, 0.05) is 36.9 Å². The van der Waals surface area contributed by atoms with Crippen molar-refractivity contribution in [2.45, 2.75) is 64.2 Å². The van der Waals surface area contributed by atoms with Gasteiger partial charge in [-0.3, -0.25) is 4.90 Å². The lowest BCUT2D eigenvalue weighted by Crippen LogP contribution is -2.47. The van der Waals surface area contributed by atoms with Crippen molar-refractivity contribution in [2.24, 2.45) is 0 Å². The Morgan fingerprint density at radius 1 is 1.14 bits per heavy atom. The first-order valence-electron chi connectivity index (χ1n) is 12.7. The van der Waals surface area contributed by atoms with Crippen molar-refractivity contribution in [1.82, 2.24) is 4.90 Å². The molecule has 1 aliphatic carbocycles. The zero-order valence-electron chi connectivity index (χ0n) is 21.5. The predicted octanol–water partition coefficient (Wildman–Crippen LogP) is 6.12. The second-order valence-corrected chi connectivity index (χ2v) is 10.5. The number of hydrogen-bond acceptors (Lipinski definition) is 4. The Labute approximate surface area is 215 Å². The van der Waals surface area contributed by atoms with E-state index in [0.29, 0.717) is 25.7 Å². The number of rotatable bonds is 11. The van der Waals surface area contributed by atoms with Gasteiger partial charge in [0.25, 0.3) is 0 Å². The van der Waals surface area contributed by atoms with E-state index in [1.54, 1.807) is 0 Å². The first-order valence-corrected chi connectivity index (χ1v) is 12.7. The molecule has 0 bridgehead atoms. The number of carboxylic acids is 1. The molecule has 2 aliphatic rings. The van der Waals surface area contributed by atoms with E-state index in [0.717, 1.165) is 22.3 Å². The highest BCUT2D eigenvalue weighted by Gasteiger charge is 2.42. The molecule has 200 valence electrons. The van der Waals surface area contributed by atoms with E-state index >= 15 is 8.78 Å². The van der Waals surface area contributed by atoms with E-state index in [4.69, 9.17) is 14.6 Å². The maximum Gasteiger partial charge on any atom is 0.329 e. The smallest absolute Gasteiger partial charge is 0.329 e. The molecule has 2 atom stereocenters. The van der Waals surface area contributed by atoms with Gasteiger partial charge in [-0.2, -0.15) is 0 Å². The van der Waals surface area contributed by atoms with Crippen LogP contribution in [0, 0.1) is 11.6 Å². The molecular formula is C29H34F3NO4. The average Bonchev–Trinajstić information content (AvgIpc) is 3.17. The number of aliphatic carboxylic acids is 1. The topological polar surface area (TPSA) is 59.0 Å². The van der Waals surface area contributed by atoms with Crippen LogP contribution >= 0.6 is 0 Å². The fourth-order valence-electron chi connectivity index (χ4n) is 5.41. The summed E-state index contributed by atoms with van der Waals surface area (Å²) in [5, 5.41) is 8.57. The lowest BCUT2D eigenvalue weighted by molar-refractivity contribution is -0.142. The maximum absolute atomic E-state index is 15.6. The molecule has 0 amide bonds. The van der Waals surface area contributed by atoms with Crippen molar-refractivity contribution >= 4 is 11.5 Å². The minimum absolute atomic E-state index is 0.0487. The molecule has 0 fully saturated rings. The summed E-state index contributed by atoms with van der Waals surface area (Å²) in [6.07, 6.45) is 2.37. The zero-order chi connectivity index (χ0) is 26.7. The van der Waals surface area contributed by atoms with Crippen molar-refractivity contribution in [2.75, 3.05) is 26.4 Å². The largest absolute Gasteiger partial charge is 0.493 e. The van der Waals surface area contributed by atoms with Crippen molar-refractivity contribution < 1.29 is 32.5 Å². The third-order valence-corrected chi connectivity index (χ3v) is 6.90. The van der Waals surface area contributed by atoms with Crippen LogP contribution < -0.4 is 4.74 Å². The fourth-order valence-corrected chi connectivity index (χ4v) is 5.41. The highest BCUT2D eigenvalue weighted by molar-refractivity contribution is 5.79. The molecule has 5 nitrogen and oxygen atoms in total. The molecule has 2 aromatic carbocycles. The van der Waals surface area contributed by atoms with Gasteiger partial charge in [-0.1, -0.05) is 24.3 Å². The minimum Gasteiger partial charge on any atom is -0.493 e. The number of carbonyl (C=O) groups is 1. The summed E-state index contributed by atoms with van der Waals surface area (Å²) < 4.78 is 56.7. The second kappa shape index (κ2) is 11.3. The number of hydrogen-bond donors (Lipinski definition) is 1. The van der Waals surface area contributed by atoms with E-state index in [1.807, 2.05) is 36.1 Å². The van der Waals surface area contributed by atoms with Crippen LogP contribution in [0.25, 0.3) is 5.57 Å². The highest BCUT2D eigenvalue weighted by atomic mass is 19.1. The van der Waals surface area contributed by atoms with Crippen LogP contribution in [0.4, 0.5) is 13.2 Å².